The summed E-state index contributed by atoms with van der Waals surface area (Å²) in [4.78, 5) is 11.1. The highest BCUT2D eigenvalue weighted by molar-refractivity contribution is 14.1. The van der Waals surface area contributed by atoms with Crippen LogP contribution in [0.15, 0.2) is 23.1 Å². The number of hydrogen-bond donors (Lipinski definition) is 2. The Labute approximate surface area is 138 Å². The second-order valence-corrected chi connectivity index (χ2v) is 8.13. The molecular weight excluding hydrogens is 405 g/mol. The van der Waals surface area contributed by atoms with Crippen molar-refractivity contribution < 1.29 is 18.3 Å². The summed E-state index contributed by atoms with van der Waals surface area (Å²) in [5.41, 5.74) is 0.0133. The van der Waals surface area contributed by atoms with Gasteiger partial charge in [0.1, 0.15) is 0 Å². The normalized spacial score (nSPS) is 17.4. The van der Waals surface area contributed by atoms with Crippen LogP contribution in [0.25, 0.3) is 0 Å². The van der Waals surface area contributed by atoms with E-state index < -0.39 is 16.0 Å². The number of rotatable bonds is 4. The predicted molar refractivity (Wildman–Crippen MR) is 87.9 cm³/mol. The predicted octanol–water partition coefficient (Wildman–Crippen LogP) is 2.99. The first-order valence-corrected chi connectivity index (χ1v) is 9.51. The van der Waals surface area contributed by atoms with Crippen LogP contribution in [0.1, 0.15) is 48.9 Å². The van der Waals surface area contributed by atoms with Gasteiger partial charge in [-0.05, 0) is 53.6 Å². The van der Waals surface area contributed by atoms with Crippen LogP contribution in [0.2, 0.25) is 0 Å². The zero-order chi connectivity index (χ0) is 15.5. The standard InChI is InChI=1S/C14H18INO4S/c15-13-8-7-11(9-12(13)14(17)18)21(19,20)16-10-5-3-1-2-4-6-10/h7-10,16H,1-6H2,(H,17,18). The molecule has 0 bridgehead atoms. The molecule has 0 radical (unpaired) electrons. The van der Waals surface area contributed by atoms with Crippen LogP contribution in [-0.4, -0.2) is 25.5 Å². The van der Waals surface area contributed by atoms with Gasteiger partial charge in [0, 0.05) is 9.61 Å². The Bertz CT molecular complexity index is 622. The van der Waals surface area contributed by atoms with Gasteiger partial charge >= 0.3 is 5.97 Å². The van der Waals surface area contributed by atoms with Gasteiger partial charge in [0.05, 0.1) is 10.5 Å². The summed E-state index contributed by atoms with van der Waals surface area (Å²) in [5, 5.41) is 9.09. The summed E-state index contributed by atoms with van der Waals surface area (Å²) >= 11 is 1.88. The fraction of sp³-hybridized carbons (Fsp3) is 0.500. The molecule has 0 amide bonds. The van der Waals surface area contributed by atoms with Crippen molar-refractivity contribution >= 4 is 38.6 Å². The maximum atomic E-state index is 12.4. The molecule has 2 N–H and O–H groups in total. The smallest absolute Gasteiger partial charge is 0.336 e. The first-order chi connectivity index (χ1) is 9.90. The highest BCUT2D eigenvalue weighted by atomic mass is 127. The van der Waals surface area contributed by atoms with Gasteiger partial charge < -0.3 is 5.11 Å². The number of benzene rings is 1. The molecule has 0 saturated heterocycles. The van der Waals surface area contributed by atoms with Crippen molar-refractivity contribution in [3.8, 4) is 0 Å². The molecular formula is C14H18INO4S. The molecule has 1 aromatic rings. The summed E-state index contributed by atoms with van der Waals surface area (Å²) in [5.74, 6) is -1.12. The number of nitrogens with one attached hydrogen (secondary N) is 1. The Kier molecular flexibility index (Phi) is 5.61. The average Bonchev–Trinajstić information content (AvgIpc) is 2.66. The number of hydrogen-bond acceptors (Lipinski definition) is 3. The highest BCUT2D eigenvalue weighted by Crippen LogP contribution is 2.21. The van der Waals surface area contributed by atoms with Gasteiger partial charge in [-0.15, -0.1) is 0 Å². The van der Waals surface area contributed by atoms with Crippen molar-refractivity contribution in [3.05, 3.63) is 27.3 Å². The van der Waals surface area contributed by atoms with Gasteiger partial charge in [-0.1, -0.05) is 25.7 Å². The van der Waals surface area contributed by atoms with Crippen molar-refractivity contribution in [1.82, 2.24) is 4.72 Å². The van der Waals surface area contributed by atoms with Gasteiger partial charge in [-0.3, -0.25) is 0 Å². The van der Waals surface area contributed by atoms with Crippen molar-refractivity contribution in [2.75, 3.05) is 0 Å². The highest BCUT2D eigenvalue weighted by Gasteiger charge is 2.22. The van der Waals surface area contributed by atoms with Crippen LogP contribution in [0, 0.1) is 3.57 Å². The van der Waals surface area contributed by atoms with E-state index in [1.54, 1.807) is 0 Å². The monoisotopic (exact) mass is 423 g/mol. The Balaban J connectivity index is 2.22. The van der Waals surface area contributed by atoms with Crippen molar-refractivity contribution in [1.29, 1.82) is 0 Å². The number of sulfonamides is 1. The van der Waals surface area contributed by atoms with E-state index in [4.69, 9.17) is 5.11 Å². The molecule has 5 nitrogen and oxygen atoms in total. The van der Waals surface area contributed by atoms with E-state index in [1.165, 1.54) is 18.2 Å². The molecule has 116 valence electrons. The second kappa shape index (κ2) is 7.06. The number of aromatic carboxylic acids is 1. The van der Waals surface area contributed by atoms with Crippen molar-refractivity contribution in [2.24, 2.45) is 0 Å². The number of carboxylic acids is 1. The Hall–Kier alpha value is -0.670. The molecule has 1 aliphatic carbocycles. The third-order valence-electron chi connectivity index (χ3n) is 3.66. The van der Waals surface area contributed by atoms with E-state index in [2.05, 4.69) is 4.72 Å². The molecule has 0 spiro atoms. The van der Waals surface area contributed by atoms with Crippen LogP contribution >= 0.6 is 22.6 Å². The lowest BCUT2D eigenvalue weighted by molar-refractivity contribution is 0.0695. The fourth-order valence-corrected chi connectivity index (χ4v) is 4.42. The molecule has 2 rings (SSSR count). The number of carboxylic acid groups (broad SMARTS) is 1. The third kappa shape index (κ3) is 4.40. The molecule has 1 fully saturated rings. The van der Waals surface area contributed by atoms with Crippen molar-refractivity contribution in [2.45, 2.75) is 49.5 Å². The maximum absolute atomic E-state index is 12.4. The first kappa shape index (κ1) is 16.7. The molecule has 1 aliphatic rings. The molecule has 0 aliphatic heterocycles. The lowest BCUT2D eigenvalue weighted by atomic mass is 10.1. The lowest BCUT2D eigenvalue weighted by Gasteiger charge is -2.16. The Morgan fingerprint density at radius 2 is 1.81 bits per heavy atom. The summed E-state index contributed by atoms with van der Waals surface area (Å²) in [7, 11) is -3.67. The van der Waals surface area contributed by atoms with Crippen LogP contribution in [0.5, 0.6) is 0 Å². The van der Waals surface area contributed by atoms with Gasteiger partial charge in [0.2, 0.25) is 10.0 Å². The summed E-state index contributed by atoms with van der Waals surface area (Å²) in [6.07, 6.45) is 6.03. The third-order valence-corrected chi connectivity index (χ3v) is 6.11. The zero-order valence-corrected chi connectivity index (χ0v) is 14.5. The second-order valence-electron chi connectivity index (χ2n) is 5.26. The number of halogens is 1. The minimum atomic E-state index is -3.67. The lowest BCUT2D eigenvalue weighted by Crippen LogP contribution is -2.34. The topological polar surface area (TPSA) is 83.5 Å². The zero-order valence-electron chi connectivity index (χ0n) is 11.5. The Morgan fingerprint density at radius 3 is 2.38 bits per heavy atom. The molecule has 1 saturated carbocycles. The minimum Gasteiger partial charge on any atom is -0.478 e. The van der Waals surface area contributed by atoms with E-state index >= 15 is 0 Å². The quantitative estimate of drug-likeness (QED) is 0.576. The summed E-state index contributed by atoms with van der Waals surface area (Å²) < 4.78 is 28.0. The van der Waals surface area contributed by atoms with Crippen LogP contribution in [0.4, 0.5) is 0 Å². The SMILES string of the molecule is O=C(O)c1cc(S(=O)(=O)NC2CCCCCC2)ccc1I. The van der Waals surface area contributed by atoms with E-state index in [9.17, 15) is 13.2 Å². The average molecular weight is 423 g/mol. The molecule has 1 aromatic carbocycles. The van der Waals surface area contributed by atoms with Crippen LogP contribution < -0.4 is 4.72 Å². The molecule has 0 heterocycles. The first-order valence-electron chi connectivity index (χ1n) is 6.95. The van der Waals surface area contributed by atoms with E-state index in [1.807, 2.05) is 22.6 Å². The largest absolute Gasteiger partial charge is 0.478 e. The summed E-state index contributed by atoms with van der Waals surface area (Å²) in [6, 6.07) is 4.15. The maximum Gasteiger partial charge on any atom is 0.336 e. The van der Waals surface area contributed by atoms with Crippen LogP contribution in [-0.2, 0) is 10.0 Å². The molecule has 21 heavy (non-hydrogen) atoms. The van der Waals surface area contributed by atoms with Gasteiger partial charge in [-0.2, -0.15) is 0 Å². The summed E-state index contributed by atoms with van der Waals surface area (Å²) in [6.45, 7) is 0. The van der Waals surface area contributed by atoms with E-state index in [0.717, 1.165) is 38.5 Å². The van der Waals surface area contributed by atoms with Gasteiger partial charge in [0.25, 0.3) is 0 Å². The minimum absolute atomic E-state index is 0.0133. The van der Waals surface area contributed by atoms with Gasteiger partial charge in [0.15, 0.2) is 0 Å². The molecule has 0 aromatic heterocycles. The molecule has 0 unspecified atom stereocenters. The number of carbonyl (C=O) groups is 1. The van der Waals surface area contributed by atoms with E-state index in [0.29, 0.717) is 3.57 Å². The fourth-order valence-electron chi connectivity index (χ4n) is 2.52. The molecule has 0 atom stereocenters. The van der Waals surface area contributed by atoms with Crippen molar-refractivity contribution in [3.63, 3.8) is 0 Å². The van der Waals surface area contributed by atoms with Gasteiger partial charge in [-0.25, -0.2) is 17.9 Å². The molecule has 7 heteroatoms. The Morgan fingerprint density at radius 1 is 1.19 bits per heavy atom. The van der Waals surface area contributed by atoms with E-state index in [-0.39, 0.29) is 16.5 Å². The van der Waals surface area contributed by atoms with Crippen LogP contribution in [0.3, 0.4) is 0 Å².